The van der Waals surface area contributed by atoms with Gasteiger partial charge in [-0.2, -0.15) is 0 Å². The van der Waals surface area contributed by atoms with Crippen molar-refractivity contribution in [1.29, 1.82) is 0 Å². The van der Waals surface area contributed by atoms with Gasteiger partial charge in [0.2, 0.25) is 0 Å². The van der Waals surface area contributed by atoms with Crippen LogP contribution in [0.1, 0.15) is 62.6 Å². The van der Waals surface area contributed by atoms with Crippen molar-refractivity contribution < 1.29 is 0 Å². The fourth-order valence-electron chi connectivity index (χ4n) is 3.58. The maximum absolute atomic E-state index is 6.47. The zero-order valence-electron chi connectivity index (χ0n) is 13.3. The average molecular weight is 274 g/mol. The van der Waals surface area contributed by atoms with Gasteiger partial charge in [-0.3, -0.25) is 4.90 Å². The number of likely N-dealkylation sites (N-methyl/N-ethyl adjacent to an activating group) is 1. The van der Waals surface area contributed by atoms with E-state index in [1.165, 1.54) is 43.2 Å². The van der Waals surface area contributed by atoms with Crippen LogP contribution in [0.25, 0.3) is 0 Å². The van der Waals surface area contributed by atoms with Crippen molar-refractivity contribution in [2.45, 2.75) is 70.5 Å². The van der Waals surface area contributed by atoms with Crippen LogP contribution < -0.4 is 5.73 Å². The highest BCUT2D eigenvalue weighted by Crippen LogP contribution is 2.31. The lowest BCUT2D eigenvalue weighted by atomic mass is 9.89. The fourth-order valence-corrected chi connectivity index (χ4v) is 3.58. The van der Waals surface area contributed by atoms with Crippen LogP contribution in [-0.2, 0) is 0 Å². The summed E-state index contributed by atoms with van der Waals surface area (Å²) in [6.45, 7) is 4.36. The summed E-state index contributed by atoms with van der Waals surface area (Å²) in [7, 11) is 2.28. The van der Waals surface area contributed by atoms with Crippen molar-refractivity contribution >= 4 is 0 Å². The fraction of sp³-hybridized carbons (Fsp3) is 0.667. The Morgan fingerprint density at radius 1 is 1.25 bits per heavy atom. The molecule has 1 aliphatic rings. The van der Waals surface area contributed by atoms with Crippen LogP contribution >= 0.6 is 0 Å². The van der Waals surface area contributed by atoms with Crippen LogP contribution in [0, 0.1) is 6.92 Å². The van der Waals surface area contributed by atoms with Gasteiger partial charge in [-0.05, 0) is 38.8 Å². The number of nitrogens with zero attached hydrogens (tertiary/aromatic N) is 1. The van der Waals surface area contributed by atoms with E-state index in [0.29, 0.717) is 12.1 Å². The second-order valence-electron chi connectivity index (χ2n) is 6.39. The largest absolute Gasteiger partial charge is 0.326 e. The Hall–Kier alpha value is -0.860. The Morgan fingerprint density at radius 2 is 1.95 bits per heavy atom. The molecule has 1 aromatic rings. The summed E-state index contributed by atoms with van der Waals surface area (Å²) in [6, 6.07) is 10.1. The van der Waals surface area contributed by atoms with Crippen molar-refractivity contribution in [2.75, 3.05) is 7.05 Å². The lowest BCUT2D eigenvalue weighted by Gasteiger charge is -2.40. The van der Waals surface area contributed by atoms with E-state index >= 15 is 0 Å². The first-order chi connectivity index (χ1) is 9.63. The highest BCUT2D eigenvalue weighted by atomic mass is 15.2. The molecule has 2 rings (SSSR count). The predicted octanol–water partition coefficient (Wildman–Crippen LogP) is 4.04. The van der Waals surface area contributed by atoms with Gasteiger partial charge in [0.15, 0.2) is 0 Å². The molecule has 112 valence electrons. The van der Waals surface area contributed by atoms with Crippen molar-refractivity contribution in [2.24, 2.45) is 5.73 Å². The van der Waals surface area contributed by atoms with E-state index in [0.717, 1.165) is 6.42 Å². The monoisotopic (exact) mass is 274 g/mol. The molecule has 0 amide bonds. The first-order valence-corrected chi connectivity index (χ1v) is 8.17. The maximum Gasteiger partial charge on any atom is 0.0499 e. The van der Waals surface area contributed by atoms with E-state index in [9.17, 15) is 0 Å². The van der Waals surface area contributed by atoms with Gasteiger partial charge in [0.25, 0.3) is 0 Å². The van der Waals surface area contributed by atoms with Gasteiger partial charge in [-0.25, -0.2) is 0 Å². The normalized spacial score (nSPS) is 20.1. The number of hydrogen-bond acceptors (Lipinski definition) is 2. The van der Waals surface area contributed by atoms with E-state index in [-0.39, 0.29) is 6.04 Å². The third-order valence-electron chi connectivity index (χ3n) is 4.85. The average Bonchev–Trinajstić information content (AvgIpc) is 2.48. The minimum Gasteiger partial charge on any atom is -0.326 e. The molecule has 1 aliphatic carbocycles. The Labute approximate surface area is 124 Å². The zero-order chi connectivity index (χ0) is 14.5. The van der Waals surface area contributed by atoms with Gasteiger partial charge in [0, 0.05) is 18.1 Å². The molecule has 1 aromatic carbocycles. The number of hydrogen-bond donors (Lipinski definition) is 1. The molecule has 1 saturated carbocycles. The Balaban J connectivity index is 2.22. The second-order valence-corrected chi connectivity index (χ2v) is 6.39. The van der Waals surface area contributed by atoms with Gasteiger partial charge in [0.1, 0.15) is 0 Å². The molecule has 0 bridgehead atoms. The minimum atomic E-state index is 0.212. The zero-order valence-corrected chi connectivity index (χ0v) is 13.3. The number of nitrogens with two attached hydrogens (primary N) is 1. The van der Waals surface area contributed by atoms with Crippen LogP contribution in [0.5, 0.6) is 0 Å². The molecule has 0 spiro atoms. The summed E-state index contributed by atoms with van der Waals surface area (Å²) in [5.74, 6) is 0. The van der Waals surface area contributed by atoms with E-state index in [2.05, 4.69) is 50.1 Å². The Kier molecular flexibility index (Phi) is 5.62. The highest BCUT2D eigenvalue weighted by molar-refractivity contribution is 5.26. The van der Waals surface area contributed by atoms with Crippen LogP contribution in [0.4, 0.5) is 0 Å². The number of benzene rings is 1. The molecule has 2 N–H and O–H groups in total. The minimum absolute atomic E-state index is 0.212. The third kappa shape index (κ3) is 3.62. The Bertz CT molecular complexity index is 410. The Morgan fingerprint density at radius 3 is 2.55 bits per heavy atom. The smallest absolute Gasteiger partial charge is 0.0499 e. The first kappa shape index (κ1) is 15.5. The van der Waals surface area contributed by atoms with Gasteiger partial charge in [-0.15, -0.1) is 0 Å². The van der Waals surface area contributed by atoms with Crippen LogP contribution in [0.2, 0.25) is 0 Å². The number of aryl methyl sites for hydroxylation is 1. The predicted molar refractivity (Wildman–Crippen MR) is 86.8 cm³/mol. The molecule has 1 fully saturated rings. The SMILES string of the molecule is CCC(N)C(c1cccc(C)c1)N(C)C1CCCCC1. The first-order valence-electron chi connectivity index (χ1n) is 8.17. The molecule has 0 aromatic heterocycles. The lowest BCUT2D eigenvalue weighted by Crippen LogP contribution is -2.44. The number of rotatable bonds is 5. The summed E-state index contributed by atoms with van der Waals surface area (Å²) in [5, 5.41) is 0. The summed E-state index contributed by atoms with van der Waals surface area (Å²) < 4.78 is 0. The van der Waals surface area contributed by atoms with Crippen molar-refractivity contribution in [3.05, 3.63) is 35.4 Å². The molecule has 0 radical (unpaired) electrons. The molecule has 2 atom stereocenters. The molecule has 2 unspecified atom stereocenters. The quantitative estimate of drug-likeness (QED) is 0.878. The summed E-state index contributed by atoms with van der Waals surface area (Å²) >= 11 is 0. The van der Waals surface area contributed by atoms with E-state index in [1.807, 2.05) is 0 Å². The van der Waals surface area contributed by atoms with Gasteiger partial charge >= 0.3 is 0 Å². The summed E-state index contributed by atoms with van der Waals surface area (Å²) in [4.78, 5) is 2.56. The van der Waals surface area contributed by atoms with Crippen molar-refractivity contribution in [3.63, 3.8) is 0 Å². The molecule has 0 aliphatic heterocycles. The van der Waals surface area contributed by atoms with Crippen LogP contribution in [0.15, 0.2) is 24.3 Å². The molecule has 0 saturated heterocycles. The van der Waals surface area contributed by atoms with Crippen LogP contribution in [-0.4, -0.2) is 24.0 Å². The van der Waals surface area contributed by atoms with Crippen LogP contribution in [0.3, 0.4) is 0 Å². The summed E-state index contributed by atoms with van der Waals surface area (Å²) in [5.41, 5.74) is 9.17. The van der Waals surface area contributed by atoms with E-state index in [4.69, 9.17) is 5.73 Å². The second kappa shape index (κ2) is 7.24. The van der Waals surface area contributed by atoms with Gasteiger partial charge < -0.3 is 5.73 Å². The molecular formula is C18H30N2. The lowest BCUT2D eigenvalue weighted by molar-refractivity contribution is 0.118. The summed E-state index contributed by atoms with van der Waals surface area (Å²) in [6.07, 6.45) is 7.83. The van der Waals surface area contributed by atoms with E-state index in [1.54, 1.807) is 0 Å². The molecular weight excluding hydrogens is 244 g/mol. The molecule has 2 nitrogen and oxygen atoms in total. The van der Waals surface area contributed by atoms with Gasteiger partial charge in [-0.1, -0.05) is 56.0 Å². The topological polar surface area (TPSA) is 29.3 Å². The third-order valence-corrected chi connectivity index (χ3v) is 4.85. The van der Waals surface area contributed by atoms with Gasteiger partial charge in [0.05, 0.1) is 0 Å². The van der Waals surface area contributed by atoms with Crippen molar-refractivity contribution in [3.8, 4) is 0 Å². The molecule has 2 heteroatoms. The standard InChI is InChI=1S/C18H30N2/c1-4-17(19)18(15-10-8-9-14(2)13-15)20(3)16-11-6-5-7-12-16/h8-10,13,16-18H,4-7,11-12,19H2,1-3H3. The molecule has 0 heterocycles. The molecule has 20 heavy (non-hydrogen) atoms. The van der Waals surface area contributed by atoms with Crippen molar-refractivity contribution in [1.82, 2.24) is 4.90 Å². The maximum atomic E-state index is 6.47. The van der Waals surface area contributed by atoms with E-state index < -0.39 is 0 Å². The highest BCUT2D eigenvalue weighted by Gasteiger charge is 2.29.